The maximum atomic E-state index is 14.1. The number of hydrogen-bond donors (Lipinski definition) is 1. The van der Waals surface area contributed by atoms with Crippen LogP contribution in [-0.2, 0) is 0 Å². The second-order valence-electron chi connectivity index (χ2n) is 5.91. The monoisotopic (exact) mass is 441 g/mol. The largest absolute Gasteiger partial charge is 0.322 e. The molecule has 10 heteroatoms. The van der Waals surface area contributed by atoms with Gasteiger partial charge in [-0.2, -0.15) is 9.78 Å². The van der Waals surface area contributed by atoms with Crippen molar-refractivity contribution in [2.45, 2.75) is 6.92 Å². The van der Waals surface area contributed by atoms with E-state index in [1.807, 2.05) is 6.20 Å². The molecule has 0 saturated carbocycles. The third-order valence-electron chi connectivity index (χ3n) is 4.00. The molecule has 0 saturated heterocycles. The minimum atomic E-state index is -0.497. The maximum absolute atomic E-state index is 14.1. The zero-order valence-corrected chi connectivity index (χ0v) is 16.1. The lowest BCUT2D eigenvalue weighted by Crippen LogP contribution is -2.13. The SMILES string of the molecule is Cc1nnnn1-c1cc(NC(=O)c2ccc(-n3cc(Br)cn3)cc2)ccc1F. The Balaban J connectivity index is 1.54. The summed E-state index contributed by atoms with van der Waals surface area (Å²) in [5.74, 6) is -0.384. The Kier molecular flexibility index (Phi) is 4.70. The predicted molar refractivity (Wildman–Crippen MR) is 103 cm³/mol. The number of rotatable bonds is 4. The van der Waals surface area contributed by atoms with Crippen molar-refractivity contribution in [3.8, 4) is 11.4 Å². The molecule has 2 heterocycles. The number of tetrazole rings is 1. The summed E-state index contributed by atoms with van der Waals surface area (Å²) in [5.41, 5.74) is 1.86. The van der Waals surface area contributed by atoms with Crippen molar-refractivity contribution in [3.63, 3.8) is 0 Å². The Morgan fingerprint density at radius 3 is 2.61 bits per heavy atom. The summed E-state index contributed by atoms with van der Waals surface area (Å²) in [4.78, 5) is 12.5. The molecule has 1 amide bonds. The minimum Gasteiger partial charge on any atom is -0.322 e. The van der Waals surface area contributed by atoms with Crippen LogP contribution < -0.4 is 5.32 Å². The highest BCUT2D eigenvalue weighted by Gasteiger charge is 2.13. The molecule has 1 N–H and O–H groups in total. The molecule has 140 valence electrons. The van der Waals surface area contributed by atoms with E-state index < -0.39 is 5.82 Å². The summed E-state index contributed by atoms with van der Waals surface area (Å²) >= 11 is 3.35. The van der Waals surface area contributed by atoms with Gasteiger partial charge in [0.1, 0.15) is 11.5 Å². The molecule has 0 atom stereocenters. The van der Waals surface area contributed by atoms with E-state index in [0.717, 1.165) is 10.2 Å². The first-order valence-electron chi connectivity index (χ1n) is 8.18. The van der Waals surface area contributed by atoms with Crippen LogP contribution in [0.5, 0.6) is 0 Å². The number of aryl methyl sites for hydroxylation is 1. The topological polar surface area (TPSA) is 90.5 Å². The van der Waals surface area contributed by atoms with Gasteiger partial charge in [0, 0.05) is 17.4 Å². The average molecular weight is 442 g/mol. The highest BCUT2D eigenvalue weighted by Crippen LogP contribution is 2.20. The van der Waals surface area contributed by atoms with Gasteiger partial charge in [-0.05, 0) is 75.7 Å². The van der Waals surface area contributed by atoms with Crippen LogP contribution in [0.3, 0.4) is 0 Å². The molecule has 0 fully saturated rings. The summed E-state index contributed by atoms with van der Waals surface area (Å²) in [5, 5.41) is 18.0. The Bertz CT molecular complexity index is 1150. The van der Waals surface area contributed by atoms with Crippen molar-refractivity contribution in [3.05, 3.63) is 76.5 Å². The Labute approximate surface area is 167 Å². The van der Waals surface area contributed by atoms with Crippen LogP contribution in [0.15, 0.2) is 59.3 Å². The van der Waals surface area contributed by atoms with Gasteiger partial charge < -0.3 is 5.32 Å². The summed E-state index contributed by atoms with van der Waals surface area (Å²) < 4.78 is 18.0. The Morgan fingerprint density at radius 2 is 1.96 bits per heavy atom. The highest BCUT2D eigenvalue weighted by atomic mass is 79.9. The Hall–Kier alpha value is -3.40. The fourth-order valence-electron chi connectivity index (χ4n) is 2.62. The van der Waals surface area contributed by atoms with Crippen molar-refractivity contribution >= 4 is 27.5 Å². The van der Waals surface area contributed by atoms with Crippen LogP contribution >= 0.6 is 15.9 Å². The standard InChI is InChI=1S/C18H13BrFN7O/c1-11-23-24-25-27(11)17-8-14(4-7-16(17)20)22-18(28)12-2-5-15(6-3-12)26-10-13(19)9-21-26/h2-10H,1H3,(H,22,28). The van der Waals surface area contributed by atoms with E-state index in [1.54, 1.807) is 42.1 Å². The molecular weight excluding hydrogens is 429 g/mol. The quantitative estimate of drug-likeness (QED) is 0.524. The number of aromatic nitrogens is 6. The lowest BCUT2D eigenvalue weighted by atomic mass is 10.2. The molecule has 8 nitrogen and oxygen atoms in total. The van der Waals surface area contributed by atoms with E-state index in [2.05, 4.69) is 41.9 Å². The molecule has 0 radical (unpaired) electrons. The second kappa shape index (κ2) is 7.31. The lowest BCUT2D eigenvalue weighted by molar-refractivity contribution is 0.102. The van der Waals surface area contributed by atoms with E-state index in [4.69, 9.17) is 0 Å². The van der Waals surface area contributed by atoms with Gasteiger partial charge >= 0.3 is 0 Å². The normalized spacial score (nSPS) is 10.8. The number of amides is 1. The van der Waals surface area contributed by atoms with Crippen molar-refractivity contribution in [2.75, 3.05) is 5.32 Å². The van der Waals surface area contributed by atoms with Crippen molar-refractivity contribution < 1.29 is 9.18 Å². The molecule has 4 rings (SSSR count). The molecular formula is C18H13BrFN7O. The summed E-state index contributed by atoms with van der Waals surface area (Å²) in [6.07, 6.45) is 3.50. The molecule has 28 heavy (non-hydrogen) atoms. The molecule has 0 bridgehead atoms. The molecule has 0 aliphatic heterocycles. The Morgan fingerprint density at radius 1 is 1.18 bits per heavy atom. The van der Waals surface area contributed by atoms with E-state index in [9.17, 15) is 9.18 Å². The number of nitrogens with zero attached hydrogens (tertiary/aromatic N) is 6. The number of hydrogen-bond acceptors (Lipinski definition) is 5. The maximum Gasteiger partial charge on any atom is 0.255 e. The van der Waals surface area contributed by atoms with Crippen molar-refractivity contribution in [2.24, 2.45) is 0 Å². The number of halogens is 2. The summed E-state index contributed by atoms with van der Waals surface area (Å²) in [6, 6.07) is 11.2. The van der Waals surface area contributed by atoms with Crippen molar-refractivity contribution in [1.82, 2.24) is 30.0 Å². The minimum absolute atomic E-state index is 0.153. The third-order valence-corrected chi connectivity index (χ3v) is 4.41. The second-order valence-corrected chi connectivity index (χ2v) is 6.82. The van der Waals surface area contributed by atoms with Crippen LogP contribution in [0.25, 0.3) is 11.4 Å². The summed E-state index contributed by atoms with van der Waals surface area (Å²) in [7, 11) is 0. The fourth-order valence-corrected chi connectivity index (χ4v) is 2.90. The van der Waals surface area contributed by atoms with Gasteiger partial charge in [0.25, 0.3) is 5.91 Å². The molecule has 0 aliphatic carbocycles. The van der Waals surface area contributed by atoms with Gasteiger partial charge in [-0.25, -0.2) is 9.07 Å². The number of anilines is 1. The van der Waals surface area contributed by atoms with Gasteiger partial charge in [-0.15, -0.1) is 5.10 Å². The van der Waals surface area contributed by atoms with Crippen LogP contribution in [0, 0.1) is 12.7 Å². The van der Waals surface area contributed by atoms with E-state index in [1.165, 1.54) is 22.9 Å². The van der Waals surface area contributed by atoms with Crippen molar-refractivity contribution in [1.29, 1.82) is 0 Å². The number of carbonyl (C=O) groups is 1. The molecule has 4 aromatic rings. The van der Waals surface area contributed by atoms with Gasteiger partial charge in [0.15, 0.2) is 5.82 Å². The first-order valence-corrected chi connectivity index (χ1v) is 8.97. The first kappa shape index (κ1) is 18.0. The number of carbonyl (C=O) groups excluding carboxylic acids is 1. The van der Waals surface area contributed by atoms with E-state index in [0.29, 0.717) is 17.1 Å². The van der Waals surface area contributed by atoms with Gasteiger partial charge in [-0.3, -0.25) is 4.79 Å². The predicted octanol–water partition coefficient (Wildman–Crippen LogP) is 3.31. The van der Waals surface area contributed by atoms with Crippen LogP contribution in [0.4, 0.5) is 10.1 Å². The third kappa shape index (κ3) is 3.54. The number of nitrogens with one attached hydrogen (secondary N) is 1. The van der Waals surface area contributed by atoms with Gasteiger partial charge in [-0.1, -0.05) is 0 Å². The zero-order valence-electron chi connectivity index (χ0n) is 14.5. The smallest absolute Gasteiger partial charge is 0.255 e. The highest BCUT2D eigenvalue weighted by molar-refractivity contribution is 9.10. The average Bonchev–Trinajstić information content (AvgIpc) is 3.32. The van der Waals surface area contributed by atoms with Crippen LogP contribution in [-0.4, -0.2) is 35.9 Å². The van der Waals surface area contributed by atoms with E-state index in [-0.39, 0.29) is 11.6 Å². The van der Waals surface area contributed by atoms with E-state index >= 15 is 0 Å². The molecule has 0 unspecified atom stereocenters. The van der Waals surface area contributed by atoms with Crippen LogP contribution in [0.1, 0.15) is 16.2 Å². The molecule has 0 aliphatic rings. The van der Waals surface area contributed by atoms with Crippen LogP contribution in [0.2, 0.25) is 0 Å². The fraction of sp³-hybridized carbons (Fsp3) is 0.0556. The lowest BCUT2D eigenvalue weighted by Gasteiger charge is -2.09. The van der Waals surface area contributed by atoms with Gasteiger partial charge in [0.05, 0.1) is 16.4 Å². The molecule has 2 aromatic carbocycles. The summed E-state index contributed by atoms with van der Waals surface area (Å²) in [6.45, 7) is 1.66. The molecule has 2 aromatic heterocycles. The van der Waals surface area contributed by atoms with Gasteiger partial charge in [0.2, 0.25) is 0 Å². The zero-order chi connectivity index (χ0) is 19.7. The first-order chi connectivity index (χ1) is 13.5. The number of benzene rings is 2. The molecule has 0 spiro atoms.